The molecular weight excluding hydrogens is 295 g/mol. The first-order valence-corrected chi connectivity index (χ1v) is 6.13. The van der Waals surface area contributed by atoms with E-state index in [0.29, 0.717) is 6.07 Å². The maximum absolute atomic E-state index is 13.6. The smallest absolute Gasteiger partial charge is 0.251 e. The highest BCUT2D eigenvalue weighted by Crippen LogP contribution is 2.21. The molecule has 7 heteroatoms. The number of nitrogens with two attached hydrogens (primary N) is 1. The second-order valence-corrected chi connectivity index (χ2v) is 4.45. The lowest BCUT2D eigenvalue weighted by atomic mass is 10.1. The number of primary amides is 1. The molecule has 3 N–H and O–H groups in total. The number of rotatable bonds is 4. The number of nitrogens with one attached hydrogen (secondary N) is 1. The van der Waals surface area contributed by atoms with Gasteiger partial charge < -0.3 is 11.1 Å². The first-order valence-electron chi connectivity index (χ1n) is 6.13. The molecule has 1 amide bonds. The number of carbonyl (C=O) groups excluding carboxylic acids is 1. The minimum absolute atomic E-state index is 0.128. The number of hydrogen-bond donors (Lipinski definition) is 2. The summed E-state index contributed by atoms with van der Waals surface area (Å²) in [7, 11) is 0. The number of halogens is 3. The van der Waals surface area contributed by atoms with Gasteiger partial charge in [-0.1, -0.05) is 0 Å². The number of benzene rings is 2. The van der Waals surface area contributed by atoms with Crippen LogP contribution in [-0.2, 0) is 6.54 Å². The zero-order chi connectivity index (χ0) is 16.3. The molecule has 112 valence electrons. The van der Waals surface area contributed by atoms with Crippen molar-refractivity contribution in [2.75, 3.05) is 5.32 Å². The Balaban J connectivity index is 2.27. The van der Waals surface area contributed by atoms with Crippen molar-refractivity contribution in [1.29, 1.82) is 5.26 Å². The molecular formula is C15H10F3N3O. The molecule has 22 heavy (non-hydrogen) atoms. The van der Waals surface area contributed by atoms with E-state index in [-0.39, 0.29) is 23.4 Å². The number of hydrogen-bond acceptors (Lipinski definition) is 3. The molecule has 0 atom stereocenters. The maximum atomic E-state index is 13.6. The van der Waals surface area contributed by atoms with Crippen LogP contribution in [0.2, 0.25) is 0 Å². The summed E-state index contributed by atoms with van der Waals surface area (Å²) in [6, 6.07) is 7.02. The fourth-order valence-electron chi connectivity index (χ4n) is 1.84. The zero-order valence-electron chi connectivity index (χ0n) is 11.2. The summed E-state index contributed by atoms with van der Waals surface area (Å²) >= 11 is 0. The predicted octanol–water partition coefficient (Wildman–Crippen LogP) is 2.69. The van der Waals surface area contributed by atoms with Crippen LogP contribution in [0.15, 0.2) is 30.3 Å². The highest BCUT2D eigenvalue weighted by atomic mass is 19.1. The Hall–Kier alpha value is -3.01. The predicted molar refractivity (Wildman–Crippen MR) is 73.3 cm³/mol. The summed E-state index contributed by atoms with van der Waals surface area (Å²) in [6.45, 7) is -0.151. The Morgan fingerprint density at radius 3 is 2.50 bits per heavy atom. The zero-order valence-corrected chi connectivity index (χ0v) is 11.2. The van der Waals surface area contributed by atoms with Gasteiger partial charge in [0.1, 0.15) is 17.5 Å². The van der Waals surface area contributed by atoms with Gasteiger partial charge in [0.2, 0.25) is 0 Å². The Morgan fingerprint density at radius 1 is 1.14 bits per heavy atom. The number of carbonyl (C=O) groups is 1. The van der Waals surface area contributed by atoms with Crippen molar-refractivity contribution < 1.29 is 18.0 Å². The topological polar surface area (TPSA) is 78.9 Å². The van der Waals surface area contributed by atoms with Crippen LogP contribution in [-0.4, -0.2) is 5.91 Å². The SMILES string of the molecule is N#Cc1ccc(F)c(CNc2cc(C(N)=O)c(F)cc2F)c1. The molecule has 0 spiro atoms. The first-order chi connectivity index (χ1) is 10.4. The van der Waals surface area contributed by atoms with Crippen molar-refractivity contribution in [2.45, 2.75) is 6.54 Å². The van der Waals surface area contributed by atoms with Crippen molar-refractivity contribution in [2.24, 2.45) is 5.73 Å². The second kappa shape index (κ2) is 6.18. The third-order valence-corrected chi connectivity index (χ3v) is 2.97. The van der Waals surface area contributed by atoms with Crippen LogP contribution in [0.1, 0.15) is 21.5 Å². The summed E-state index contributed by atoms with van der Waals surface area (Å²) in [6.07, 6.45) is 0. The number of nitriles is 1. The van der Waals surface area contributed by atoms with E-state index in [4.69, 9.17) is 11.0 Å². The van der Waals surface area contributed by atoms with Gasteiger partial charge in [-0.3, -0.25) is 4.79 Å². The molecule has 2 rings (SSSR count). The number of nitrogens with zero attached hydrogens (tertiary/aromatic N) is 1. The van der Waals surface area contributed by atoms with Gasteiger partial charge in [0, 0.05) is 18.2 Å². The van der Waals surface area contributed by atoms with Crippen molar-refractivity contribution in [1.82, 2.24) is 0 Å². The van der Waals surface area contributed by atoms with Crippen LogP contribution in [0.3, 0.4) is 0 Å². The van der Waals surface area contributed by atoms with E-state index in [1.807, 2.05) is 6.07 Å². The van der Waals surface area contributed by atoms with E-state index in [1.54, 1.807) is 0 Å². The molecule has 0 fully saturated rings. The quantitative estimate of drug-likeness (QED) is 0.911. The number of amides is 1. The van der Waals surface area contributed by atoms with E-state index < -0.39 is 28.9 Å². The van der Waals surface area contributed by atoms with E-state index >= 15 is 0 Å². The maximum Gasteiger partial charge on any atom is 0.251 e. The van der Waals surface area contributed by atoms with E-state index in [2.05, 4.69) is 5.32 Å². The fraction of sp³-hybridized carbons (Fsp3) is 0.0667. The van der Waals surface area contributed by atoms with Gasteiger partial charge in [0.25, 0.3) is 5.91 Å². The summed E-state index contributed by atoms with van der Waals surface area (Å²) in [5, 5.41) is 11.3. The van der Waals surface area contributed by atoms with Gasteiger partial charge in [-0.15, -0.1) is 0 Å². The summed E-state index contributed by atoms with van der Waals surface area (Å²) in [4.78, 5) is 11.0. The van der Waals surface area contributed by atoms with Crippen molar-refractivity contribution in [3.63, 3.8) is 0 Å². The Bertz CT molecular complexity index is 784. The molecule has 0 unspecified atom stereocenters. The standard InChI is InChI=1S/C15H10F3N3O/c16-11-2-1-8(6-19)3-9(11)7-21-14-4-10(15(20)22)12(17)5-13(14)18/h1-5,21H,7H2,(H2,20,22). The van der Waals surface area contributed by atoms with Crippen molar-refractivity contribution in [3.8, 4) is 6.07 Å². The number of anilines is 1. The van der Waals surface area contributed by atoms with E-state index in [0.717, 1.165) is 12.1 Å². The molecule has 0 heterocycles. The monoisotopic (exact) mass is 305 g/mol. The lowest BCUT2D eigenvalue weighted by Crippen LogP contribution is -2.14. The molecule has 0 aliphatic heterocycles. The Morgan fingerprint density at radius 2 is 1.86 bits per heavy atom. The lowest BCUT2D eigenvalue weighted by Gasteiger charge is -2.10. The lowest BCUT2D eigenvalue weighted by molar-refractivity contribution is 0.0996. The van der Waals surface area contributed by atoms with Gasteiger partial charge in [-0.25, -0.2) is 13.2 Å². The van der Waals surface area contributed by atoms with Gasteiger partial charge in [-0.2, -0.15) is 5.26 Å². The van der Waals surface area contributed by atoms with Gasteiger partial charge in [-0.05, 0) is 24.3 Å². The van der Waals surface area contributed by atoms with E-state index in [9.17, 15) is 18.0 Å². The molecule has 4 nitrogen and oxygen atoms in total. The molecule has 0 aliphatic carbocycles. The van der Waals surface area contributed by atoms with Crippen LogP contribution in [0, 0.1) is 28.8 Å². The van der Waals surface area contributed by atoms with Crippen molar-refractivity contribution in [3.05, 3.63) is 64.5 Å². The average Bonchev–Trinajstić information content (AvgIpc) is 2.47. The highest BCUT2D eigenvalue weighted by Gasteiger charge is 2.14. The average molecular weight is 305 g/mol. The minimum atomic E-state index is -1.08. The highest BCUT2D eigenvalue weighted by molar-refractivity contribution is 5.94. The third kappa shape index (κ3) is 3.17. The van der Waals surface area contributed by atoms with Gasteiger partial charge in [0.15, 0.2) is 0 Å². The van der Waals surface area contributed by atoms with Crippen LogP contribution >= 0.6 is 0 Å². The normalized spacial score (nSPS) is 10.1. The van der Waals surface area contributed by atoms with Crippen molar-refractivity contribution >= 4 is 11.6 Å². The minimum Gasteiger partial charge on any atom is -0.378 e. The Kier molecular flexibility index (Phi) is 4.32. The summed E-state index contributed by atoms with van der Waals surface area (Å²) < 4.78 is 40.6. The van der Waals surface area contributed by atoms with Gasteiger partial charge >= 0.3 is 0 Å². The van der Waals surface area contributed by atoms with Crippen LogP contribution in [0.5, 0.6) is 0 Å². The fourth-order valence-corrected chi connectivity index (χ4v) is 1.84. The largest absolute Gasteiger partial charge is 0.378 e. The summed E-state index contributed by atoms with van der Waals surface area (Å²) in [5.41, 5.74) is 4.68. The second-order valence-electron chi connectivity index (χ2n) is 4.45. The molecule has 2 aromatic rings. The third-order valence-electron chi connectivity index (χ3n) is 2.97. The molecule has 2 aromatic carbocycles. The van der Waals surface area contributed by atoms with Crippen LogP contribution in [0.4, 0.5) is 18.9 Å². The summed E-state index contributed by atoms with van der Waals surface area (Å²) in [5.74, 6) is -3.64. The van der Waals surface area contributed by atoms with Crippen LogP contribution in [0.25, 0.3) is 0 Å². The van der Waals surface area contributed by atoms with E-state index in [1.165, 1.54) is 12.1 Å². The van der Waals surface area contributed by atoms with Gasteiger partial charge in [0.05, 0.1) is 22.9 Å². The molecule has 0 bridgehead atoms. The molecule has 0 saturated heterocycles. The molecule has 0 aromatic heterocycles. The Labute approximate surface area is 124 Å². The van der Waals surface area contributed by atoms with Crippen LogP contribution < -0.4 is 11.1 Å². The first kappa shape index (κ1) is 15.4. The molecule has 0 radical (unpaired) electrons. The molecule has 0 aliphatic rings. The molecule has 0 saturated carbocycles.